The van der Waals surface area contributed by atoms with Crippen LogP contribution in [0.15, 0.2) is 97.1 Å². The van der Waals surface area contributed by atoms with Crippen LogP contribution in [0.25, 0.3) is 11.1 Å². The molecule has 0 spiro atoms. The second kappa shape index (κ2) is 10.0. The lowest BCUT2D eigenvalue weighted by molar-refractivity contribution is -0.137. The van der Waals surface area contributed by atoms with Crippen molar-refractivity contribution in [2.45, 2.75) is 25.5 Å². The molecule has 0 aromatic heterocycles. The van der Waals surface area contributed by atoms with Gasteiger partial charge in [-0.25, -0.2) is 0 Å². The summed E-state index contributed by atoms with van der Waals surface area (Å²) in [7, 11) is 0. The number of benzene rings is 4. The summed E-state index contributed by atoms with van der Waals surface area (Å²) < 4.78 is 50.1. The largest absolute Gasteiger partial charge is 0.454 e. The van der Waals surface area contributed by atoms with Gasteiger partial charge in [-0.05, 0) is 46.5 Å². The molecule has 0 fully saturated rings. The Bertz CT molecular complexity index is 1320. The number of ether oxygens (including phenoxy) is 2. The van der Waals surface area contributed by atoms with E-state index in [-0.39, 0.29) is 6.79 Å². The topological polar surface area (TPSA) is 41.9 Å². The third-order valence-electron chi connectivity index (χ3n) is 6.16. The van der Waals surface area contributed by atoms with Crippen LogP contribution in [0.4, 0.5) is 13.2 Å². The lowest BCUT2D eigenvalue weighted by Gasteiger charge is -2.30. The fraction of sp³-hybridized carbons (Fsp3) is 0.172. The van der Waals surface area contributed by atoms with E-state index in [9.17, 15) is 18.3 Å². The highest BCUT2D eigenvalue weighted by atomic mass is 19.4. The molecule has 0 radical (unpaired) electrons. The Morgan fingerprint density at radius 1 is 0.750 bits per heavy atom. The monoisotopic (exact) mass is 491 g/mol. The Balaban J connectivity index is 1.48. The van der Waals surface area contributed by atoms with E-state index >= 15 is 0 Å². The molecule has 1 N–H and O–H groups in total. The van der Waals surface area contributed by atoms with Crippen LogP contribution < -0.4 is 9.47 Å². The second-order valence-corrected chi connectivity index (χ2v) is 8.61. The van der Waals surface area contributed by atoms with Gasteiger partial charge in [0.05, 0.1) is 5.56 Å². The zero-order chi connectivity index (χ0) is 25.1. The maximum absolute atomic E-state index is 13.1. The predicted octanol–water partition coefficient (Wildman–Crippen LogP) is 6.79. The van der Waals surface area contributed by atoms with Crippen LogP contribution >= 0.6 is 0 Å². The van der Waals surface area contributed by atoms with Gasteiger partial charge < -0.3 is 14.6 Å². The maximum Gasteiger partial charge on any atom is 0.416 e. The van der Waals surface area contributed by atoms with E-state index in [0.717, 1.165) is 23.3 Å². The van der Waals surface area contributed by atoms with Gasteiger partial charge in [-0.3, -0.25) is 4.90 Å². The first kappa shape index (κ1) is 23.9. The summed E-state index contributed by atoms with van der Waals surface area (Å²) in [5.74, 6) is 1.34. The van der Waals surface area contributed by atoms with Crippen molar-refractivity contribution < 1.29 is 27.8 Å². The highest BCUT2D eigenvalue weighted by Crippen LogP contribution is 2.36. The van der Waals surface area contributed by atoms with Gasteiger partial charge in [-0.2, -0.15) is 13.2 Å². The average Bonchev–Trinajstić information content (AvgIpc) is 3.36. The van der Waals surface area contributed by atoms with Gasteiger partial charge >= 0.3 is 6.18 Å². The van der Waals surface area contributed by atoms with Crippen molar-refractivity contribution in [3.63, 3.8) is 0 Å². The number of aliphatic hydroxyl groups is 1. The number of hydrogen-bond donors (Lipinski definition) is 1. The number of alkyl halides is 3. The van der Waals surface area contributed by atoms with Crippen LogP contribution in [0.2, 0.25) is 0 Å². The van der Waals surface area contributed by atoms with Gasteiger partial charge in [-0.15, -0.1) is 0 Å². The van der Waals surface area contributed by atoms with E-state index in [4.69, 9.17) is 9.47 Å². The number of nitrogens with zero attached hydrogens (tertiary/aromatic N) is 1. The molecule has 4 aromatic carbocycles. The minimum atomic E-state index is -4.41. The lowest BCUT2D eigenvalue weighted by Crippen LogP contribution is -2.28. The molecule has 184 valence electrons. The molecule has 7 heteroatoms. The van der Waals surface area contributed by atoms with E-state index < -0.39 is 18.0 Å². The van der Waals surface area contributed by atoms with Gasteiger partial charge in [0.25, 0.3) is 0 Å². The number of fused-ring (bicyclic) bond motifs is 1. The predicted molar refractivity (Wildman–Crippen MR) is 130 cm³/mol. The van der Waals surface area contributed by atoms with Crippen molar-refractivity contribution in [3.8, 4) is 22.6 Å². The third kappa shape index (κ3) is 5.22. The molecule has 1 atom stereocenters. The first-order chi connectivity index (χ1) is 17.4. The molecular formula is C29H24F3NO3. The summed E-state index contributed by atoms with van der Waals surface area (Å²) in [4.78, 5) is 1.91. The number of halogens is 3. The van der Waals surface area contributed by atoms with Crippen LogP contribution in [0.1, 0.15) is 28.5 Å². The average molecular weight is 492 g/mol. The molecule has 1 aliphatic heterocycles. The van der Waals surface area contributed by atoms with Crippen LogP contribution in [-0.2, 0) is 19.3 Å². The Kier molecular flexibility index (Phi) is 6.67. The summed E-state index contributed by atoms with van der Waals surface area (Å²) in [6.45, 7) is 1.04. The molecule has 4 aromatic rings. The Hall–Kier alpha value is -3.81. The van der Waals surface area contributed by atoms with Crippen molar-refractivity contribution >= 4 is 0 Å². The third-order valence-corrected chi connectivity index (χ3v) is 6.16. The van der Waals surface area contributed by atoms with E-state index in [1.165, 1.54) is 12.1 Å². The van der Waals surface area contributed by atoms with Gasteiger partial charge in [0.15, 0.2) is 11.5 Å². The lowest BCUT2D eigenvalue weighted by atomic mass is 9.96. The maximum atomic E-state index is 13.1. The standard InChI is InChI=1S/C29H24F3NO3/c30-29(31,32)23-13-11-22(12-14-23)24-8-4-5-9-25(24)28(34)33(17-20-6-2-1-3-7-20)18-21-10-15-26-27(16-21)36-19-35-26/h1-16,28,34H,17-19H2. The molecule has 4 nitrogen and oxygen atoms in total. The fourth-order valence-electron chi connectivity index (χ4n) is 4.34. The normalized spacial score (nSPS) is 13.7. The molecule has 1 aliphatic rings. The molecule has 0 aliphatic carbocycles. The molecule has 0 bridgehead atoms. The molecule has 0 saturated carbocycles. The van der Waals surface area contributed by atoms with Gasteiger partial charge in [0.1, 0.15) is 6.23 Å². The fourth-order valence-corrected chi connectivity index (χ4v) is 4.34. The first-order valence-corrected chi connectivity index (χ1v) is 11.5. The molecule has 0 saturated heterocycles. The van der Waals surface area contributed by atoms with Crippen molar-refractivity contribution in [2.24, 2.45) is 0 Å². The van der Waals surface area contributed by atoms with Crippen molar-refractivity contribution in [1.82, 2.24) is 4.90 Å². The smallest absolute Gasteiger partial charge is 0.416 e. The number of hydrogen-bond acceptors (Lipinski definition) is 4. The highest BCUT2D eigenvalue weighted by molar-refractivity contribution is 5.68. The van der Waals surface area contributed by atoms with Gasteiger partial charge in [0, 0.05) is 18.7 Å². The summed E-state index contributed by atoms with van der Waals surface area (Å²) in [6.07, 6.45) is -5.43. The second-order valence-electron chi connectivity index (χ2n) is 8.61. The SMILES string of the molecule is OC(c1ccccc1-c1ccc(C(F)(F)F)cc1)N(Cc1ccccc1)Cc1ccc2c(c1)OCO2. The van der Waals surface area contributed by atoms with E-state index in [0.29, 0.717) is 41.3 Å². The zero-order valence-electron chi connectivity index (χ0n) is 19.3. The van der Waals surface area contributed by atoms with Crippen molar-refractivity contribution in [3.05, 3.63) is 119 Å². The van der Waals surface area contributed by atoms with Crippen molar-refractivity contribution in [2.75, 3.05) is 6.79 Å². The van der Waals surface area contributed by atoms with Crippen LogP contribution in [0.5, 0.6) is 11.5 Å². The molecule has 36 heavy (non-hydrogen) atoms. The summed E-state index contributed by atoms with van der Waals surface area (Å²) in [5, 5.41) is 11.6. The van der Waals surface area contributed by atoms with Crippen LogP contribution in [-0.4, -0.2) is 16.8 Å². The Morgan fingerprint density at radius 2 is 1.42 bits per heavy atom. The zero-order valence-corrected chi connectivity index (χ0v) is 19.3. The van der Waals surface area contributed by atoms with E-state index in [1.807, 2.05) is 71.6 Å². The molecule has 1 heterocycles. The van der Waals surface area contributed by atoms with Gasteiger partial charge in [0.2, 0.25) is 6.79 Å². The summed E-state index contributed by atoms with van der Waals surface area (Å²) >= 11 is 0. The van der Waals surface area contributed by atoms with Crippen molar-refractivity contribution in [1.29, 1.82) is 0 Å². The molecule has 1 unspecified atom stereocenters. The number of rotatable bonds is 7. The first-order valence-electron chi connectivity index (χ1n) is 11.5. The minimum Gasteiger partial charge on any atom is -0.454 e. The Morgan fingerprint density at radius 3 is 2.17 bits per heavy atom. The summed E-state index contributed by atoms with van der Waals surface area (Å²) in [5.41, 5.74) is 3.11. The molecule has 0 amide bonds. The van der Waals surface area contributed by atoms with E-state index in [1.54, 1.807) is 6.07 Å². The van der Waals surface area contributed by atoms with Crippen LogP contribution in [0, 0.1) is 0 Å². The quantitative estimate of drug-likeness (QED) is 0.289. The highest BCUT2D eigenvalue weighted by Gasteiger charge is 2.30. The van der Waals surface area contributed by atoms with Gasteiger partial charge in [-0.1, -0.05) is 72.8 Å². The molecule has 5 rings (SSSR count). The number of aliphatic hydroxyl groups excluding tert-OH is 1. The summed E-state index contributed by atoms with van der Waals surface area (Å²) in [6, 6.07) is 27.7. The molecular weight excluding hydrogens is 467 g/mol. The minimum absolute atomic E-state index is 0.176. The van der Waals surface area contributed by atoms with E-state index in [2.05, 4.69) is 0 Å². The van der Waals surface area contributed by atoms with Crippen LogP contribution in [0.3, 0.4) is 0 Å². The Labute approximate surface area is 207 Å².